The molecule has 0 amide bonds. The van der Waals surface area contributed by atoms with Gasteiger partial charge in [0.2, 0.25) is 0 Å². The third kappa shape index (κ3) is 4.55. The summed E-state index contributed by atoms with van der Waals surface area (Å²) in [5.41, 5.74) is 3.74. The first-order valence-corrected chi connectivity index (χ1v) is 11.1. The molecule has 0 unspecified atom stereocenters. The second-order valence-corrected chi connectivity index (χ2v) is 9.05. The molecule has 3 rings (SSSR count). The Morgan fingerprint density at radius 1 is 0.594 bits per heavy atom. The van der Waals surface area contributed by atoms with E-state index in [1.165, 1.54) is 0 Å². The lowest BCUT2D eigenvalue weighted by Crippen LogP contribution is -2.22. The van der Waals surface area contributed by atoms with Crippen molar-refractivity contribution in [3.8, 4) is 23.0 Å². The summed E-state index contributed by atoms with van der Waals surface area (Å²) in [7, 11) is 0. The molecule has 4 nitrogen and oxygen atoms in total. The molecule has 0 spiro atoms. The Kier molecular flexibility index (Phi) is 6.73. The zero-order valence-corrected chi connectivity index (χ0v) is 19.9. The van der Waals surface area contributed by atoms with E-state index in [2.05, 4.69) is 52.0 Å². The Hall–Kier alpha value is -3.14. The van der Waals surface area contributed by atoms with Crippen molar-refractivity contribution in [1.82, 2.24) is 0 Å². The molecule has 0 aliphatic carbocycles. The number of phenolic OH excluding ortho intramolecular Hbond substituents is 2. The van der Waals surface area contributed by atoms with Gasteiger partial charge in [0.25, 0.3) is 0 Å². The Morgan fingerprint density at radius 2 is 0.938 bits per heavy atom. The second-order valence-electron chi connectivity index (χ2n) is 9.05. The number of hydrogen-bond acceptors (Lipinski definition) is 4. The topological polar surface area (TPSA) is 58.9 Å². The van der Waals surface area contributed by atoms with E-state index < -0.39 is 0 Å². The fraction of sp³-hybridized carbons (Fsp3) is 0.357. The summed E-state index contributed by atoms with van der Waals surface area (Å²) in [4.78, 5) is 0. The number of rotatable bonds is 8. The molecule has 0 heterocycles. The molecule has 0 saturated carbocycles. The van der Waals surface area contributed by atoms with Gasteiger partial charge in [-0.25, -0.2) is 0 Å². The molecule has 0 atom stereocenters. The molecule has 170 valence electrons. The molecule has 0 fully saturated rings. The van der Waals surface area contributed by atoms with E-state index in [4.69, 9.17) is 9.47 Å². The van der Waals surface area contributed by atoms with Gasteiger partial charge in [-0.3, -0.25) is 0 Å². The van der Waals surface area contributed by atoms with Crippen LogP contribution in [0.1, 0.15) is 63.8 Å². The van der Waals surface area contributed by atoms with Crippen molar-refractivity contribution in [1.29, 1.82) is 0 Å². The summed E-state index contributed by atoms with van der Waals surface area (Å²) in [6.07, 6.45) is 0. The predicted octanol–water partition coefficient (Wildman–Crippen LogP) is 6.55. The molecule has 3 aromatic rings. The number of phenols is 2. The van der Waals surface area contributed by atoms with Crippen LogP contribution in [0.15, 0.2) is 60.7 Å². The minimum Gasteiger partial charge on any atom is -0.508 e. The summed E-state index contributed by atoms with van der Waals surface area (Å²) in [6, 6.07) is 19.2. The van der Waals surface area contributed by atoms with Gasteiger partial charge in [-0.05, 0) is 37.1 Å². The SMILES string of the molecule is CCOc1cc(O)ccc1C(C)(C)c1ccc(C(C)(C)c2ccc(O)cc2OCC)cc1. The lowest BCUT2D eigenvalue weighted by molar-refractivity contribution is 0.328. The van der Waals surface area contributed by atoms with Crippen LogP contribution in [0.3, 0.4) is 0 Å². The van der Waals surface area contributed by atoms with Gasteiger partial charge in [-0.15, -0.1) is 0 Å². The highest BCUT2D eigenvalue weighted by molar-refractivity contribution is 5.52. The first kappa shape index (κ1) is 23.5. The smallest absolute Gasteiger partial charge is 0.127 e. The fourth-order valence-electron chi connectivity index (χ4n) is 4.22. The maximum Gasteiger partial charge on any atom is 0.127 e. The predicted molar refractivity (Wildman–Crippen MR) is 129 cm³/mol. The average molecular weight is 435 g/mol. The van der Waals surface area contributed by atoms with E-state index in [9.17, 15) is 10.2 Å². The Balaban J connectivity index is 1.99. The Bertz CT molecular complexity index is 979. The monoisotopic (exact) mass is 434 g/mol. The van der Waals surface area contributed by atoms with Crippen LogP contribution < -0.4 is 9.47 Å². The largest absolute Gasteiger partial charge is 0.508 e. The maximum atomic E-state index is 9.91. The molecule has 4 heteroatoms. The van der Waals surface area contributed by atoms with Crippen molar-refractivity contribution in [3.63, 3.8) is 0 Å². The van der Waals surface area contributed by atoms with E-state index in [1.807, 2.05) is 26.0 Å². The maximum absolute atomic E-state index is 9.91. The van der Waals surface area contributed by atoms with Gasteiger partial charge in [0.05, 0.1) is 13.2 Å². The van der Waals surface area contributed by atoms with E-state index in [-0.39, 0.29) is 22.3 Å². The van der Waals surface area contributed by atoms with Gasteiger partial charge in [0, 0.05) is 34.1 Å². The average Bonchev–Trinajstić information content (AvgIpc) is 2.74. The normalized spacial score (nSPS) is 11.9. The van der Waals surface area contributed by atoms with Crippen molar-refractivity contribution in [2.45, 2.75) is 52.4 Å². The number of ether oxygens (including phenoxy) is 2. The molecular formula is C28H34O4. The van der Waals surface area contributed by atoms with E-state index in [0.717, 1.165) is 22.3 Å². The third-order valence-electron chi connectivity index (χ3n) is 6.21. The molecule has 32 heavy (non-hydrogen) atoms. The second kappa shape index (κ2) is 9.15. The Labute approximate surface area is 191 Å². The standard InChI is InChI=1S/C28H34O4/c1-7-31-25-17-21(29)13-15-23(25)27(3,4)19-9-11-20(12-10-19)28(5,6)24-16-14-22(30)18-26(24)32-8-2/h9-18,29-30H,7-8H2,1-6H3. The first-order chi connectivity index (χ1) is 15.1. The highest BCUT2D eigenvalue weighted by atomic mass is 16.5. The van der Waals surface area contributed by atoms with Crippen LogP contribution >= 0.6 is 0 Å². The molecule has 0 aliphatic heterocycles. The number of aromatic hydroxyl groups is 2. The molecular weight excluding hydrogens is 400 g/mol. The molecule has 0 radical (unpaired) electrons. The van der Waals surface area contributed by atoms with Crippen LogP contribution in [0.2, 0.25) is 0 Å². The summed E-state index contributed by atoms with van der Waals surface area (Å²) in [5.74, 6) is 1.80. The minimum atomic E-state index is -0.310. The number of benzene rings is 3. The van der Waals surface area contributed by atoms with Crippen molar-refractivity contribution in [3.05, 3.63) is 82.9 Å². The molecule has 0 saturated heterocycles. The van der Waals surface area contributed by atoms with Gasteiger partial charge < -0.3 is 19.7 Å². The summed E-state index contributed by atoms with van der Waals surface area (Å²) >= 11 is 0. The summed E-state index contributed by atoms with van der Waals surface area (Å²) in [5, 5.41) is 19.8. The van der Waals surface area contributed by atoms with Crippen LogP contribution in [0.25, 0.3) is 0 Å². The summed E-state index contributed by atoms with van der Waals surface area (Å²) < 4.78 is 11.6. The zero-order chi connectivity index (χ0) is 23.5. The van der Waals surface area contributed by atoms with Crippen LogP contribution in [-0.4, -0.2) is 23.4 Å². The van der Waals surface area contributed by atoms with Crippen molar-refractivity contribution < 1.29 is 19.7 Å². The minimum absolute atomic E-state index is 0.198. The molecule has 0 aliphatic rings. The van der Waals surface area contributed by atoms with Crippen LogP contribution in [0.5, 0.6) is 23.0 Å². The van der Waals surface area contributed by atoms with Crippen LogP contribution in [0.4, 0.5) is 0 Å². The Morgan fingerprint density at radius 3 is 1.25 bits per heavy atom. The highest BCUT2D eigenvalue weighted by Crippen LogP contribution is 2.42. The quantitative estimate of drug-likeness (QED) is 0.422. The van der Waals surface area contributed by atoms with E-state index in [0.29, 0.717) is 24.7 Å². The van der Waals surface area contributed by atoms with Crippen molar-refractivity contribution >= 4 is 0 Å². The van der Waals surface area contributed by atoms with Gasteiger partial charge in [0.1, 0.15) is 23.0 Å². The first-order valence-electron chi connectivity index (χ1n) is 11.1. The third-order valence-corrected chi connectivity index (χ3v) is 6.21. The van der Waals surface area contributed by atoms with Crippen LogP contribution in [0, 0.1) is 0 Å². The number of hydrogen-bond donors (Lipinski definition) is 2. The fourth-order valence-corrected chi connectivity index (χ4v) is 4.22. The summed E-state index contributed by atoms with van der Waals surface area (Å²) in [6.45, 7) is 13.6. The molecule has 0 aromatic heterocycles. The highest BCUT2D eigenvalue weighted by Gasteiger charge is 2.30. The van der Waals surface area contributed by atoms with Gasteiger partial charge >= 0.3 is 0 Å². The van der Waals surface area contributed by atoms with Gasteiger partial charge in [-0.2, -0.15) is 0 Å². The lowest BCUT2D eigenvalue weighted by atomic mass is 9.74. The molecule has 2 N–H and O–H groups in total. The molecule has 0 bridgehead atoms. The van der Waals surface area contributed by atoms with E-state index >= 15 is 0 Å². The van der Waals surface area contributed by atoms with Crippen molar-refractivity contribution in [2.75, 3.05) is 13.2 Å². The van der Waals surface area contributed by atoms with Crippen molar-refractivity contribution in [2.24, 2.45) is 0 Å². The van der Waals surface area contributed by atoms with Gasteiger partial charge in [-0.1, -0.05) is 64.1 Å². The lowest BCUT2D eigenvalue weighted by Gasteiger charge is -2.31. The van der Waals surface area contributed by atoms with E-state index in [1.54, 1.807) is 24.3 Å². The molecule has 3 aromatic carbocycles. The van der Waals surface area contributed by atoms with Gasteiger partial charge in [0.15, 0.2) is 0 Å². The zero-order valence-electron chi connectivity index (χ0n) is 19.9. The van der Waals surface area contributed by atoms with Crippen LogP contribution in [-0.2, 0) is 10.8 Å².